The van der Waals surface area contributed by atoms with Crippen molar-refractivity contribution in [2.24, 2.45) is 27.6 Å². The van der Waals surface area contributed by atoms with Crippen molar-refractivity contribution in [1.82, 2.24) is 0 Å². The van der Waals surface area contributed by atoms with Crippen molar-refractivity contribution in [1.29, 1.82) is 0 Å². The van der Waals surface area contributed by atoms with Crippen molar-refractivity contribution in [3.8, 4) is 0 Å². The van der Waals surface area contributed by atoms with Gasteiger partial charge < -0.3 is 14.2 Å². The van der Waals surface area contributed by atoms with Crippen molar-refractivity contribution in [3.05, 3.63) is 115 Å². The molecule has 7 aliphatic carbocycles. The van der Waals surface area contributed by atoms with Gasteiger partial charge in [-0.25, -0.2) is 0 Å². The Morgan fingerprint density at radius 1 is 0.571 bits per heavy atom. The second-order valence-electron chi connectivity index (χ2n) is 30.1. The lowest BCUT2D eigenvalue weighted by molar-refractivity contribution is 0.123. The van der Waals surface area contributed by atoms with Crippen LogP contribution in [0.4, 0.5) is 17.1 Å². The summed E-state index contributed by atoms with van der Waals surface area (Å²) >= 11 is 0. The maximum atomic E-state index is 7.86. The average Bonchev–Trinajstić information content (AvgIpc) is 3.65. The third-order valence-corrected chi connectivity index (χ3v) is 21.7. The largest absolute Gasteiger partial charge is 0.468 e. The molecule has 1 aromatic heterocycles. The lowest BCUT2D eigenvalue weighted by Gasteiger charge is -2.54. The van der Waals surface area contributed by atoms with Gasteiger partial charge in [-0.15, -0.1) is 0 Å². The van der Waals surface area contributed by atoms with Gasteiger partial charge in [-0.05, 0) is 202 Å². The fourth-order valence-electron chi connectivity index (χ4n) is 16.4. The highest BCUT2D eigenvalue weighted by Gasteiger charge is 2.56. The zero-order valence-corrected chi connectivity index (χ0v) is 47.0. The number of furan rings is 1. The second-order valence-corrected chi connectivity index (χ2v) is 30.1. The van der Waals surface area contributed by atoms with E-state index in [0.717, 1.165) is 25.0 Å². The summed E-state index contributed by atoms with van der Waals surface area (Å²) in [4.78, 5) is 5.80. The van der Waals surface area contributed by atoms with Gasteiger partial charge in [0.1, 0.15) is 5.76 Å². The van der Waals surface area contributed by atoms with Gasteiger partial charge in [-0.2, -0.15) is 0 Å². The Hall–Kier alpha value is -3.92. The molecular formula is C66H87BN2O. The molecule has 3 heterocycles. The van der Waals surface area contributed by atoms with Crippen LogP contribution in [0.1, 0.15) is 221 Å². The molecule has 0 N–H and O–H groups in total. The van der Waals surface area contributed by atoms with E-state index in [-0.39, 0.29) is 62.1 Å². The van der Waals surface area contributed by atoms with Gasteiger partial charge in [-0.1, -0.05) is 152 Å². The number of benzene rings is 2. The molecule has 12 rings (SSSR count). The molecule has 370 valence electrons. The predicted molar refractivity (Wildman–Crippen MR) is 299 cm³/mol. The number of anilines is 3. The maximum Gasteiger partial charge on any atom is 0.292 e. The Balaban J connectivity index is 1.17. The molecule has 0 amide bonds. The van der Waals surface area contributed by atoms with Crippen LogP contribution in [0.25, 0.3) is 6.08 Å². The van der Waals surface area contributed by atoms with Crippen LogP contribution in [0.3, 0.4) is 0 Å². The molecule has 0 bridgehead atoms. The van der Waals surface area contributed by atoms with Gasteiger partial charge in [0.15, 0.2) is 0 Å². The first-order chi connectivity index (χ1) is 32.4. The molecule has 1 saturated carbocycles. The van der Waals surface area contributed by atoms with Gasteiger partial charge in [0.05, 0.1) is 17.4 Å². The summed E-state index contributed by atoms with van der Waals surface area (Å²) in [7, 11) is 0. The molecule has 4 heteroatoms. The Morgan fingerprint density at radius 3 is 1.77 bits per heavy atom. The van der Waals surface area contributed by atoms with Crippen LogP contribution in [-0.2, 0) is 28.1 Å². The highest BCUT2D eigenvalue weighted by Crippen LogP contribution is 2.60. The maximum absolute atomic E-state index is 7.86. The number of allylic oxidation sites excluding steroid dienone is 4. The third kappa shape index (κ3) is 6.57. The smallest absolute Gasteiger partial charge is 0.292 e. The number of fused-ring (bicyclic) bond motifs is 9. The van der Waals surface area contributed by atoms with E-state index in [4.69, 9.17) is 4.42 Å². The Morgan fingerprint density at radius 2 is 1.13 bits per heavy atom. The number of hydrogen-bond acceptors (Lipinski definition) is 3. The molecule has 0 saturated heterocycles. The second kappa shape index (κ2) is 14.4. The Labute approximate surface area is 424 Å². The highest BCUT2D eigenvalue weighted by atomic mass is 16.3. The first kappa shape index (κ1) is 47.1. The van der Waals surface area contributed by atoms with Crippen LogP contribution < -0.4 is 20.9 Å². The molecule has 3 unspecified atom stereocenters. The van der Waals surface area contributed by atoms with Gasteiger partial charge in [-0.3, -0.25) is 0 Å². The minimum atomic E-state index is 0.0285. The number of hydrogen-bond donors (Lipinski definition) is 0. The minimum absolute atomic E-state index is 0.0285. The fourth-order valence-corrected chi connectivity index (χ4v) is 16.4. The van der Waals surface area contributed by atoms with Gasteiger partial charge in [0, 0.05) is 28.7 Å². The highest BCUT2D eigenvalue weighted by molar-refractivity contribution is 6.93. The Kier molecular flexibility index (Phi) is 9.71. The normalized spacial score (nSPS) is 29.3. The first-order valence-electron chi connectivity index (χ1n) is 28.1. The summed E-state index contributed by atoms with van der Waals surface area (Å²) in [5.74, 6) is 1.64. The number of nitrogens with zero attached hydrogens (tertiary/aromatic N) is 2. The van der Waals surface area contributed by atoms with Crippen LogP contribution in [-0.4, -0.2) is 18.8 Å². The molecular weight excluding hydrogens is 848 g/mol. The summed E-state index contributed by atoms with van der Waals surface area (Å²) in [6.45, 7) is 45.2. The van der Waals surface area contributed by atoms with E-state index in [9.17, 15) is 0 Å². The standard InChI is InChI=1S/C66H87BN2O/c1-38-29-53-56-54(30-38)69(51-35-47-43(31-39(51)2)60(5,6)23-26-64(47,13)14)52-36-48-46(63(11,12)25-27-65(48,15)16)34-50(52)67(56)58-57(41-33-45-49(37-55(41)70-58)66(17,18)28-24-62(45,9)10)68(53)40-19-20-42-44(32-40)61(7,8)22-21-59(42,3)4/h19-20,30-31,34-37,40,45,53H,21-29,32-33H2,1-18H3. The van der Waals surface area contributed by atoms with Gasteiger partial charge >= 0.3 is 0 Å². The molecule has 1 fully saturated rings. The van der Waals surface area contributed by atoms with Crippen LogP contribution in [0, 0.1) is 34.5 Å². The molecule has 2 aliphatic heterocycles. The van der Waals surface area contributed by atoms with Crippen LogP contribution >= 0.6 is 0 Å². The van der Waals surface area contributed by atoms with E-state index in [1.54, 1.807) is 33.3 Å². The topological polar surface area (TPSA) is 19.6 Å². The van der Waals surface area contributed by atoms with Gasteiger partial charge in [0.25, 0.3) is 6.71 Å². The van der Waals surface area contributed by atoms with E-state index in [1.807, 2.05) is 0 Å². The molecule has 9 aliphatic rings. The van der Waals surface area contributed by atoms with E-state index in [0.29, 0.717) is 5.92 Å². The van der Waals surface area contributed by atoms with E-state index < -0.39 is 0 Å². The molecule has 3 nitrogen and oxygen atoms in total. The van der Waals surface area contributed by atoms with Crippen LogP contribution in [0.5, 0.6) is 0 Å². The first-order valence-corrected chi connectivity index (χ1v) is 28.1. The van der Waals surface area contributed by atoms with E-state index in [1.165, 1.54) is 113 Å². The number of rotatable bonds is 2. The Bertz CT molecular complexity index is 2980. The van der Waals surface area contributed by atoms with E-state index in [2.05, 4.69) is 183 Å². The summed E-state index contributed by atoms with van der Waals surface area (Å²) in [6.07, 6.45) is 23.4. The summed E-state index contributed by atoms with van der Waals surface area (Å²) < 4.78 is 7.86. The van der Waals surface area contributed by atoms with Crippen molar-refractivity contribution in [3.63, 3.8) is 0 Å². The molecule has 70 heavy (non-hydrogen) atoms. The van der Waals surface area contributed by atoms with Crippen molar-refractivity contribution in [2.45, 2.75) is 229 Å². The quantitative estimate of drug-likeness (QED) is 0.239. The number of aryl methyl sites for hydroxylation is 1. The third-order valence-electron chi connectivity index (χ3n) is 21.7. The lowest BCUT2D eigenvalue weighted by atomic mass is 9.32. The molecule has 3 aromatic rings. The zero-order chi connectivity index (χ0) is 50.0. The molecule has 3 atom stereocenters. The van der Waals surface area contributed by atoms with Crippen LogP contribution in [0.2, 0.25) is 0 Å². The van der Waals surface area contributed by atoms with E-state index >= 15 is 0 Å². The van der Waals surface area contributed by atoms with Crippen molar-refractivity contribution >= 4 is 41.0 Å². The molecule has 0 radical (unpaired) electrons. The lowest BCUT2D eigenvalue weighted by Crippen LogP contribution is -2.64. The summed E-state index contributed by atoms with van der Waals surface area (Å²) in [6, 6.07) is 11.2. The fraction of sp³-hybridized carbons (Fsp3) is 0.606. The molecule has 2 aromatic carbocycles. The SMILES string of the molecule is CC1=CC2=C3B(c4cc5c(cc4N2c2cc4c(cc2C)C(C)(C)CCC4(C)C)C(C)(C)CCC5(C)C)c2oc4c(c2N(C2C=CC5=C(C2)C(C)(C)CCC5(C)C)C3C1)CC1C(=C4)C(C)(C)CCC1(C)C. The monoisotopic (exact) mass is 935 g/mol. The zero-order valence-electron chi connectivity index (χ0n) is 47.0. The van der Waals surface area contributed by atoms with Gasteiger partial charge in [0.2, 0.25) is 0 Å². The van der Waals surface area contributed by atoms with Crippen LogP contribution in [0.15, 0.2) is 80.4 Å². The predicted octanol–water partition coefficient (Wildman–Crippen LogP) is 16.3. The average molecular weight is 935 g/mol. The minimum Gasteiger partial charge on any atom is -0.468 e. The van der Waals surface area contributed by atoms with Crippen molar-refractivity contribution < 1.29 is 4.42 Å². The molecule has 0 spiro atoms. The van der Waals surface area contributed by atoms with Crippen molar-refractivity contribution in [2.75, 3.05) is 9.80 Å². The summed E-state index contributed by atoms with van der Waals surface area (Å²) in [5.41, 5.74) is 26.3. The summed E-state index contributed by atoms with van der Waals surface area (Å²) in [5, 5.41) is 0.